The van der Waals surface area contributed by atoms with Gasteiger partial charge in [-0.2, -0.15) is 0 Å². The average molecular weight is 537 g/mol. The van der Waals surface area contributed by atoms with Crippen LogP contribution in [0, 0.1) is 34.4 Å². The Hall–Kier alpha value is -4.54. The van der Waals surface area contributed by atoms with Crippen LogP contribution in [0.1, 0.15) is 56.6 Å². The lowest BCUT2D eigenvalue weighted by Gasteiger charge is -2.66. The third-order valence-electron chi connectivity index (χ3n) is 10.0. The van der Waals surface area contributed by atoms with Crippen molar-refractivity contribution in [1.29, 1.82) is 10.5 Å². The molecule has 4 bridgehead atoms. The predicted molar refractivity (Wildman–Crippen MR) is 159 cm³/mol. The molecule has 4 aromatic carbocycles. The highest BCUT2D eigenvalue weighted by Gasteiger charge is 2.62. The second-order valence-electron chi connectivity index (χ2n) is 12.9. The summed E-state index contributed by atoms with van der Waals surface area (Å²) in [6, 6.07) is 33.5. The number of hydrogen-bond acceptors (Lipinski definition) is 4. The molecule has 2 unspecified atom stereocenters. The van der Waals surface area contributed by atoms with Crippen LogP contribution in [0.2, 0.25) is 0 Å². The zero-order chi connectivity index (χ0) is 28.1. The molecule has 4 fully saturated rings. The molecule has 0 amide bonds. The lowest BCUT2D eigenvalue weighted by Crippen LogP contribution is -2.59. The first-order chi connectivity index (χ1) is 19.9. The zero-order valence-electron chi connectivity index (χ0n) is 23.3. The topological polar surface area (TPSA) is 66.0 Å². The third kappa shape index (κ3) is 4.27. The van der Waals surface area contributed by atoms with Gasteiger partial charge in [0.05, 0.1) is 0 Å². The van der Waals surface area contributed by atoms with Crippen molar-refractivity contribution in [2.45, 2.75) is 56.3 Å². The van der Waals surface area contributed by atoms with E-state index in [9.17, 15) is 10.5 Å². The van der Waals surface area contributed by atoms with Gasteiger partial charge in [0, 0.05) is 11.1 Å². The molecule has 2 atom stereocenters. The first kappa shape index (κ1) is 25.4. The van der Waals surface area contributed by atoms with Crippen LogP contribution in [0.15, 0.2) is 97.1 Å². The Bertz CT molecular complexity index is 1580. The van der Waals surface area contributed by atoms with E-state index in [-0.39, 0.29) is 16.2 Å². The van der Waals surface area contributed by atoms with Crippen molar-refractivity contribution >= 4 is 0 Å². The Kier molecular flexibility index (Phi) is 5.91. The summed E-state index contributed by atoms with van der Waals surface area (Å²) in [5, 5.41) is 18.7. The Morgan fingerprint density at radius 1 is 0.610 bits per heavy atom. The fourth-order valence-corrected chi connectivity index (χ4v) is 9.25. The molecule has 4 saturated carbocycles. The van der Waals surface area contributed by atoms with Gasteiger partial charge in [0.25, 0.3) is 12.5 Å². The third-order valence-corrected chi connectivity index (χ3v) is 10.0. The number of benzene rings is 4. The quantitative estimate of drug-likeness (QED) is 0.231. The molecular weight excluding hydrogens is 504 g/mol. The number of nitrogens with zero attached hydrogens (tertiary/aromatic N) is 2. The second-order valence-corrected chi connectivity index (χ2v) is 12.9. The highest BCUT2D eigenvalue weighted by Crippen LogP contribution is 2.70. The van der Waals surface area contributed by atoms with E-state index in [0.717, 1.165) is 28.7 Å². The van der Waals surface area contributed by atoms with E-state index in [1.165, 1.54) is 43.2 Å². The standard InChI is InChI=1S/C37H32N2O2/c1-35-18-26-19-36(21-35,29-12-14-33(40-24-38)31(16-29)27-8-4-2-5-9-27)23-37(20-26,22-35)30-13-15-34(41-25-39)32(17-30)28-10-6-3-7-11-28/h2-17,26H,18-23H2,1H3. The van der Waals surface area contributed by atoms with E-state index >= 15 is 0 Å². The van der Waals surface area contributed by atoms with Gasteiger partial charge in [0.15, 0.2) is 0 Å². The van der Waals surface area contributed by atoms with Crippen molar-refractivity contribution in [3.8, 4) is 46.3 Å². The van der Waals surface area contributed by atoms with Gasteiger partial charge < -0.3 is 9.47 Å². The highest BCUT2D eigenvalue weighted by atomic mass is 16.5. The van der Waals surface area contributed by atoms with E-state index in [0.29, 0.717) is 17.4 Å². The maximum atomic E-state index is 9.34. The van der Waals surface area contributed by atoms with Crippen LogP contribution in [0.4, 0.5) is 0 Å². The molecule has 4 heteroatoms. The maximum absolute atomic E-state index is 9.34. The van der Waals surface area contributed by atoms with Crippen molar-refractivity contribution in [2.75, 3.05) is 0 Å². The SMILES string of the molecule is CC12CC3CC(c4ccc(OC#N)c(-c5ccccc5)c4)(C1)CC(c1ccc(OC#N)c(-c4ccccc4)c1)(C3)C2. The Morgan fingerprint density at radius 2 is 1.07 bits per heavy atom. The first-order valence-corrected chi connectivity index (χ1v) is 14.5. The molecule has 0 spiro atoms. The van der Waals surface area contributed by atoms with Crippen molar-refractivity contribution in [2.24, 2.45) is 11.3 Å². The number of ether oxygens (including phenoxy) is 2. The summed E-state index contributed by atoms with van der Waals surface area (Å²) < 4.78 is 10.9. The van der Waals surface area contributed by atoms with Crippen LogP contribution >= 0.6 is 0 Å². The Labute approximate surface area is 241 Å². The molecule has 4 nitrogen and oxygen atoms in total. The molecule has 4 aromatic rings. The van der Waals surface area contributed by atoms with Crippen molar-refractivity contribution in [3.63, 3.8) is 0 Å². The molecule has 0 radical (unpaired) electrons. The van der Waals surface area contributed by atoms with E-state index in [2.05, 4.69) is 55.5 Å². The van der Waals surface area contributed by atoms with Crippen LogP contribution in [0.25, 0.3) is 22.3 Å². The van der Waals surface area contributed by atoms with Gasteiger partial charge in [-0.15, -0.1) is 10.5 Å². The van der Waals surface area contributed by atoms with Gasteiger partial charge in [-0.1, -0.05) is 79.7 Å². The number of rotatable bonds is 6. The van der Waals surface area contributed by atoms with Crippen LogP contribution in [0.5, 0.6) is 11.5 Å². The molecule has 4 aliphatic carbocycles. The van der Waals surface area contributed by atoms with Gasteiger partial charge in [0.1, 0.15) is 11.5 Å². The smallest absolute Gasteiger partial charge is 0.292 e. The minimum absolute atomic E-state index is 0.0532. The molecule has 4 aliphatic rings. The summed E-state index contributed by atoms with van der Waals surface area (Å²) in [5.74, 6) is 1.86. The Morgan fingerprint density at radius 3 is 1.49 bits per heavy atom. The van der Waals surface area contributed by atoms with Crippen LogP contribution in [0.3, 0.4) is 0 Å². The summed E-state index contributed by atoms with van der Waals surface area (Å²) in [5.41, 5.74) is 7.14. The fourth-order valence-electron chi connectivity index (χ4n) is 9.25. The molecule has 8 rings (SSSR count). The van der Waals surface area contributed by atoms with Crippen LogP contribution < -0.4 is 9.47 Å². The highest BCUT2D eigenvalue weighted by molar-refractivity contribution is 5.73. The van der Waals surface area contributed by atoms with Crippen molar-refractivity contribution in [3.05, 3.63) is 108 Å². The zero-order valence-corrected chi connectivity index (χ0v) is 23.3. The predicted octanol–water partition coefficient (Wildman–Crippen LogP) is 8.92. The maximum Gasteiger partial charge on any atom is 0.292 e. The molecular formula is C37H32N2O2. The van der Waals surface area contributed by atoms with Crippen molar-refractivity contribution in [1.82, 2.24) is 0 Å². The van der Waals surface area contributed by atoms with E-state index < -0.39 is 0 Å². The normalized spacial score (nSPS) is 27.5. The first-order valence-electron chi connectivity index (χ1n) is 14.5. The van der Waals surface area contributed by atoms with Crippen LogP contribution in [-0.4, -0.2) is 0 Å². The average Bonchev–Trinajstić information content (AvgIpc) is 2.97. The molecule has 0 N–H and O–H groups in total. The minimum atomic E-state index is 0.0532. The molecule has 0 aliphatic heterocycles. The monoisotopic (exact) mass is 536 g/mol. The summed E-state index contributed by atoms with van der Waals surface area (Å²) in [4.78, 5) is 0. The molecule has 0 saturated heterocycles. The lowest BCUT2D eigenvalue weighted by atomic mass is 9.38. The van der Waals surface area contributed by atoms with Gasteiger partial charge in [-0.05, 0) is 107 Å². The number of nitriles is 2. The lowest BCUT2D eigenvalue weighted by molar-refractivity contribution is -0.0807. The molecule has 41 heavy (non-hydrogen) atoms. The van der Waals surface area contributed by atoms with Gasteiger partial charge in [-0.25, -0.2) is 0 Å². The minimum Gasteiger partial charge on any atom is -0.387 e. The van der Waals surface area contributed by atoms with E-state index in [4.69, 9.17) is 9.47 Å². The van der Waals surface area contributed by atoms with E-state index in [1.807, 2.05) is 61.0 Å². The second kappa shape index (κ2) is 9.53. The van der Waals surface area contributed by atoms with Gasteiger partial charge >= 0.3 is 0 Å². The number of hydrogen-bond donors (Lipinski definition) is 0. The summed E-state index contributed by atoms with van der Waals surface area (Å²) in [6.45, 7) is 2.50. The van der Waals surface area contributed by atoms with Crippen LogP contribution in [-0.2, 0) is 10.8 Å². The fraction of sp³-hybridized carbons (Fsp3) is 0.297. The van der Waals surface area contributed by atoms with Gasteiger partial charge in [0.2, 0.25) is 0 Å². The van der Waals surface area contributed by atoms with Crippen molar-refractivity contribution < 1.29 is 9.47 Å². The largest absolute Gasteiger partial charge is 0.387 e. The Balaban J connectivity index is 1.35. The molecule has 0 aromatic heterocycles. The van der Waals surface area contributed by atoms with Gasteiger partial charge in [-0.3, -0.25) is 0 Å². The molecule has 202 valence electrons. The summed E-state index contributed by atoms with van der Waals surface area (Å²) in [7, 11) is 0. The molecule has 0 heterocycles. The summed E-state index contributed by atoms with van der Waals surface area (Å²) >= 11 is 0. The summed E-state index contributed by atoms with van der Waals surface area (Å²) in [6.07, 6.45) is 10.9. The van der Waals surface area contributed by atoms with E-state index in [1.54, 1.807) is 0 Å².